The van der Waals surface area contributed by atoms with E-state index >= 15 is 0 Å². The molecule has 2 aromatic rings. The van der Waals surface area contributed by atoms with Gasteiger partial charge in [-0.1, -0.05) is 44.7 Å². The molecule has 1 fully saturated rings. The van der Waals surface area contributed by atoms with Crippen LogP contribution in [0.5, 0.6) is 0 Å². The molecular formula is C26H36FN3. The average molecular weight is 410 g/mol. The van der Waals surface area contributed by atoms with Crippen molar-refractivity contribution in [3.63, 3.8) is 0 Å². The minimum Gasteiger partial charge on any atom is -0.354 e. The van der Waals surface area contributed by atoms with Crippen molar-refractivity contribution >= 4 is 5.82 Å². The third-order valence-electron chi connectivity index (χ3n) is 6.72. The Labute approximate surface area is 181 Å². The van der Waals surface area contributed by atoms with Crippen LogP contribution >= 0.6 is 0 Å². The molecule has 1 aromatic heterocycles. The highest BCUT2D eigenvalue weighted by atomic mass is 19.1. The summed E-state index contributed by atoms with van der Waals surface area (Å²) < 4.78 is 13.6. The summed E-state index contributed by atoms with van der Waals surface area (Å²) in [7, 11) is 0. The van der Waals surface area contributed by atoms with Gasteiger partial charge in [0.25, 0.3) is 0 Å². The first-order valence-corrected chi connectivity index (χ1v) is 12.0. The normalized spacial score (nSPS) is 18.0. The molecule has 4 heteroatoms. The first kappa shape index (κ1) is 21.3. The van der Waals surface area contributed by atoms with E-state index in [0.29, 0.717) is 0 Å². The predicted octanol–water partition coefficient (Wildman–Crippen LogP) is 5.86. The number of piperazine rings is 1. The number of fused-ring (bicyclic) bond motifs is 1. The lowest BCUT2D eigenvalue weighted by atomic mass is 9.90. The molecule has 0 saturated carbocycles. The van der Waals surface area contributed by atoms with Crippen molar-refractivity contribution in [2.45, 2.75) is 64.7 Å². The van der Waals surface area contributed by atoms with Crippen molar-refractivity contribution < 1.29 is 4.39 Å². The summed E-state index contributed by atoms with van der Waals surface area (Å²) in [6, 6.07) is 9.30. The largest absolute Gasteiger partial charge is 0.354 e. The molecule has 0 atom stereocenters. The number of nitrogens with zero attached hydrogens (tertiary/aromatic N) is 3. The summed E-state index contributed by atoms with van der Waals surface area (Å²) in [6.07, 6.45) is 11.1. The van der Waals surface area contributed by atoms with Crippen LogP contribution in [-0.4, -0.2) is 42.6 Å². The number of hydrogen-bond donors (Lipinski definition) is 0. The van der Waals surface area contributed by atoms with Gasteiger partial charge in [0.2, 0.25) is 0 Å². The van der Waals surface area contributed by atoms with Crippen LogP contribution in [0, 0.1) is 5.82 Å². The molecule has 2 heterocycles. The molecule has 1 aliphatic heterocycles. The van der Waals surface area contributed by atoms with Gasteiger partial charge < -0.3 is 4.90 Å². The van der Waals surface area contributed by atoms with E-state index in [0.717, 1.165) is 50.4 Å². The number of benzene rings is 1. The number of rotatable bonds is 6. The van der Waals surface area contributed by atoms with Crippen molar-refractivity contribution in [3.8, 4) is 11.1 Å². The quantitative estimate of drug-likeness (QED) is 0.557. The molecule has 1 saturated heterocycles. The summed E-state index contributed by atoms with van der Waals surface area (Å²) in [6.45, 7) is 7.81. The summed E-state index contributed by atoms with van der Waals surface area (Å²) in [4.78, 5) is 10.2. The molecule has 1 aliphatic carbocycles. The van der Waals surface area contributed by atoms with E-state index in [4.69, 9.17) is 4.98 Å². The maximum atomic E-state index is 13.6. The summed E-state index contributed by atoms with van der Waals surface area (Å²) >= 11 is 0. The zero-order valence-electron chi connectivity index (χ0n) is 18.5. The lowest BCUT2D eigenvalue weighted by Gasteiger charge is -2.36. The average Bonchev–Trinajstić information content (AvgIpc) is 2.75. The Morgan fingerprint density at radius 3 is 2.37 bits per heavy atom. The molecule has 3 nitrogen and oxygen atoms in total. The highest BCUT2D eigenvalue weighted by Gasteiger charge is 2.22. The van der Waals surface area contributed by atoms with Crippen LogP contribution in [0.4, 0.5) is 10.2 Å². The molecular weight excluding hydrogens is 373 g/mol. The van der Waals surface area contributed by atoms with E-state index in [-0.39, 0.29) is 5.82 Å². The maximum absolute atomic E-state index is 13.6. The molecule has 0 amide bonds. The minimum absolute atomic E-state index is 0.171. The van der Waals surface area contributed by atoms with E-state index in [2.05, 4.69) is 22.8 Å². The van der Waals surface area contributed by atoms with Gasteiger partial charge in [-0.15, -0.1) is 0 Å². The highest BCUT2D eigenvalue weighted by molar-refractivity contribution is 5.72. The second-order valence-electron chi connectivity index (χ2n) is 8.91. The number of anilines is 1. The van der Waals surface area contributed by atoms with Gasteiger partial charge in [0, 0.05) is 31.9 Å². The van der Waals surface area contributed by atoms with Crippen molar-refractivity contribution in [1.29, 1.82) is 0 Å². The van der Waals surface area contributed by atoms with Gasteiger partial charge in [0.05, 0.1) is 0 Å². The molecule has 0 radical (unpaired) electrons. The van der Waals surface area contributed by atoms with Crippen LogP contribution in [0.1, 0.15) is 63.1 Å². The van der Waals surface area contributed by atoms with Gasteiger partial charge in [-0.3, -0.25) is 4.90 Å². The van der Waals surface area contributed by atoms with Crippen LogP contribution < -0.4 is 4.90 Å². The van der Waals surface area contributed by atoms with E-state index in [1.807, 2.05) is 12.1 Å². The van der Waals surface area contributed by atoms with E-state index < -0.39 is 0 Å². The number of pyridine rings is 1. The highest BCUT2D eigenvalue weighted by Crippen LogP contribution is 2.33. The lowest BCUT2D eigenvalue weighted by Crippen LogP contribution is -2.47. The second-order valence-corrected chi connectivity index (χ2v) is 8.91. The predicted molar refractivity (Wildman–Crippen MR) is 124 cm³/mol. The first-order valence-electron chi connectivity index (χ1n) is 12.0. The number of halogens is 1. The molecule has 0 spiro atoms. The smallest absolute Gasteiger partial charge is 0.129 e. The summed E-state index contributed by atoms with van der Waals surface area (Å²) in [5.41, 5.74) is 5.05. The van der Waals surface area contributed by atoms with Gasteiger partial charge in [-0.05, 0) is 73.5 Å². The van der Waals surface area contributed by atoms with E-state index in [9.17, 15) is 4.39 Å². The topological polar surface area (TPSA) is 19.4 Å². The van der Waals surface area contributed by atoms with Crippen molar-refractivity contribution in [1.82, 2.24) is 9.88 Å². The molecule has 0 bridgehead atoms. The number of aromatic nitrogens is 1. The number of unbranched alkanes of at least 4 members (excludes halogenated alkanes) is 2. The Hall–Kier alpha value is -1.94. The Kier molecular flexibility index (Phi) is 7.37. The minimum atomic E-state index is -0.171. The van der Waals surface area contributed by atoms with Crippen molar-refractivity contribution in [2.75, 3.05) is 37.6 Å². The fraction of sp³-hybridized carbons (Fsp3) is 0.577. The van der Waals surface area contributed by atoms with Gasteiger partial charge in [-0.2, -0.15) is 0 Å². The molecule has 1 aromatic carbocycles. The molecule has 4 rings (SSSR count). The van der Waals surface area contributed by atoms with Gasteiger partial charge in [0.1, 0.15) is 11.6 Å². The summed E-state index contributed by atoms with van der Waals surface area (Å²) in [5, 5.41) is 0. The monoisotopic (exact) mass is 409 g/mol. The Morgan fingerprint density at radius 1 is 0.900 bits per heavy atom. The van der Waals surface area contributed by atoms with Gasteiger partial charge in [0.15, 0.2) is 0 Å². The second kappa shape index (κ2) is 10.4. The Morgan fingerprint density at radius 2 is 1.63 bits per heavy atom. The summed E-state index contributed by atoms with van der Waals surface area (Å²) in [5.74, 6) is 0.942. The number of hydrogen-bond acceptors (Lipinski definition) is 3. The molecule has 162 valence electrons. The fourth-order valence-corrected chi connectivity index (χ4v) is 4.88. The van der Waals surface area contributed by atoms with Crippen molar-refractivity contribution in [3.05, 3.63) is 47.4 Å². The van der Waals surface area contributed by atoms with Crippen LogP contribution in [0.2, 0.25) is 0 Å². The number of aryl methyl sites for hydroxylation is 1. The van der Waals surface area contributed by atoms with Crippen LogP contribution in [-0.2, 0) is 12.8 Å². The van der Waals surface area contributed by atoms with Crippen LogP contribution in [0.3, 0.4) is 0 Å². The fourth-order valence-electron chi connectivity index (χ4n) is 4.88. The zero-order valence-corrected chi connectivity index (χ0v) is 18.5. The van der Waals surface area contributed by atoms with Crippen LogP contribution in [0.25, 0.3) is 11.1 Å². The third kappa shape index (κ3) is 5.21. The first-order chi connectivity index (χ1) is 14.7. The Balaban J connectivity index is 1.58. The lowest BCUT2D eigenvalue weighted by molar-refractivity contribution is 0.252. The Bertz CT molecular complexity index is 810. The molecule has 2 aliphatic rings. The maximum Gasteiger partial charge on any atom is 0.129 e. The molecule has 0 unspecified atom stereocenters. The van der Waals surface area contributed by atoms with E-state index in [1.54, 1.807) is 12.1 Å². The standard InChI is InChI=1S/C26H36FN3/c1-2-3-8-15-29-16-18-30(19-17-29)26-20-24(21-11-13-22(27)14-12-21)23-9-6-4-5-7-10-25(23)28-26/h11-14,20H,2-10,15-19H2,1H3. The molecule has 30 heavy (non-hydrogen) atoms. The van der Waals surface area contributed by atoms with Crippen molar-refractivity contribution in [2.24, 2.45) is 0 Å². The zero-order chi connectivity index (χ0) is 20.8. The van der Waals surface area contributed by atoms with Crippen LogP contribution in [0.15, 0.2) is 30.3 Å². The third-order valence-corrected chi connectivity index (χ3v) is 6.72. The SMILES string of the molecule is CCCCCN1CCN(c2cc(-c3ccc(F)cc3)c3c(n2)CCCCCC3)CC1. The van der Waals surface area contributed by atoms with Gasteiger partial charge in [-0.25, -0.2) is 9.37 Å². The molecule has 0 N–H and O–H groups in total. The van der Waals surface area contributed by atoms with E-state index in [1.165, 1.54) is 68.3 Å². The van der Waals surface area contributed by atoms with Gasteiger partial charge >= 0.3 is 0 Å².